The van der Waals surface area contributed by atoms with Gasteiger partial charge in [-0.3, -0.25) is 19.2 Å². The molecular formula is C25H39N5O4. The van der Waals surface area contributed by atoms with Crippen molar-refractivity contribution in [3.63, 3.8) is 0 Å². The van der Waals surface area contributed by atoms with E-state index in [0.717, 1.165) is 42.0 Å². The summed E-state index contributed by atoms with van der Waals surface area (Å²) in [5.41, 5.74) is 4.11. The molecule has 0 aliphatic carbocycles. The van der Waals surface area contributed by atoms with Gasteiger partial charge < -0.3 is 15.0 Å². The van der Waals surface area contributed by atoms with Gasteiger partial charge in [-0.25, -0.2) is 10.5 Å². The van der Waals surface area contributed by atoms with Gasteiger partial charge in [-0.15, -0.1) is 0 Å². The third-order valence-corrected chi connectivity index (χ3v) is 5.64. The molecule has 3 N–H and O–H groups in total. The van der Waals surface area contributed by atoms with Gasteiger partial charge in [0, 0.05) is 44.9 Å². The topological polar surface area (TPSA) is 108 Å². The molecule has 0 aliphatic rings. The highest BCUT2D eigenvalue weighted by molar-refractivity contribution is 5.91. The van der Waals surface area contributed by atoms with E-state index in [1.807, 2.05) is 41.5 Å². The van der Waals surface area contributed by atoms with Crippen molar-refractivity contribution in [2.75, 3.05) is 32.1 Å². The van der Waals surface area contributed by atoms with Crippen molar-refractivity contribution in [3.05, 3.63) is 35.7 Å². The molecule has 0 spiro atoms. The molecule has 0 radical (unpaired) electrons. The number of nitrogens with zero attached hydrogens (tertiary/aromatic N) is 3. The van der Waals surface area contributed by atoms with E-state index in [-0.39, 0.29) is 11.9 Å². The molecule has 34 heavy (non-hydrogen) atoms. The van der Waals surface area contributed by atoms with Gasteiger partial charge in [0.1, 0.15) is 11.5 Å². The van der Waals surface area contributed by atoms with E-state index in [1.165, 1.54) is 18.9 Å². The van der Waals surface area contributed by atoms with Crippen molar-refractivity contribution >= 4 is 29.4 Å². The second-order valence-corrected chi connectivity index (χ2v) is 8.57. The molecule has 0 fully saturated rings. The number of pyridine rings is 1. The maximum atomic E-state index is 12.8. The number of hydrogen-bond acceptors (Lipinski definition) is 6. The Labute approximate surface area is 202 Å². The van der Waals surface area contributed by atoms with Crippen LogP contribution in [0.2, 0.25) is 0 Å². The Morgan fingerprint density at radius 1 is 1.29 bits per heavy atom. The second-order valence-electron chi connectivity index (χ2n) is 8.57. The molecule has 0 aliphatic heterocycles. The molecule has 0 aromatic carbocycles. The van der Waals surface area contributed by atoms with E-state index in [9.17, 15) is 9.59 Å². The third kappa shape index (κ3) is 8.14. The van der Waals surface area contributed by atoms with Crippen LogP contribution >= 0.6 is 0 Å². The first-order chi connectivity index (χ1) is 16.4. The Hall–Kier alpha value is -2.91. The number of rotatable bonds is 15. The van der Waals surface area contributed by atoms with Crippen LogP contribution in [0.5, 0.6) is 0 Å². The van der Waals surface area contributed by atoms with Crippen LogP contribution in [0.15, 0.2) is 24.4 Å². The average Bonchev–Trinajstić information content (AvgIpc) is 3.16. The lowest BCUT2D eigenvalue weighted by atomic mass is 10.1. The van der Waals surface area contributed by atoms with Crippen LogP contribution in [-0.2, 0) is 20.7 Å². The molecule has 2 heterocycles. The van der Waals surface area contributed by atoms with E-state index in [2.05, 4.69) is 12.2 Å². The van der Waals surface area contributed by atoms with Crippen LogP contribution in [0.1, 0.15) is 64.1 Å². The van der Waals surface area contributed by atoms with Crippen molar-refractivity contribution in [1.29, 1.82) is 0 Å². The van der Waals surface area contributed by atoms with Crippen molar-refractivity contribution in [3.8, 4) is 0 Å². The molecule has 9 nitrogen and oxygen atoms in total. The molecule has 0 unspecified atom stereocenters. The normalized spacial score (nSPS) is 11.5. The van der Waals surface area contributed by atoms with Gasteiger partial charge in [0.05, 0.1) is 12.3 Å². The minimum Gasteiger partial charge on any atom is -0.383 e. The molecule has 2 aromatic heterocycles. The number of aryl methyl sites for hydroxylation is 1. The summed E-state index contributed by atoms with van der Waals surface area (Å²) in [6.45, 7) is 7.81. The Kier molecular flexibility index (Phi) is 11.6. The van der Waals surface area contributed by atoms with Gasteiger partial charge in [0.25, 0.3) is 5.91 Å². The number of nitrogens with one attached hydrogen (secondary N) is 2. The number of unbranched alkanes of at least 4 members (excludes halogenated alkanes) is 3. The Bertz CT molecular complexity index is 954. The van der Waals surface area contributed by atoms with Crippen LogP contribution in [-0.4, -0.2) is 64.2 Å². The van der Waals surface area contributed by atoms with Crippen molar-refractivity contribution in [2.24, 2.45) is 0 Å². The summed E-state index contributed by atoms with van der Waals surface area (Å²) in [7, 11) is 1.64. The Morgan fingerprint density at radius 3 is 2.76 bits per heavy atom. The second kappa shape index (κ2) is 14.4. The molecule has 0 bridgehead atoms. The number of carbonyl (C=O) groups is 2. The standard InChI is InChI=1S/C25H39N5O4/c1-5-6-7-8-9-21-25(26-14-12-24(32)29(19(2)3)16-17-34-4)30-15-13-20(18-22(30)27-21)10-11-23(31)28-33/h10-11,13,15,18-19,26,33H,5-9,12,14,16-17H2,1-4H3,(H,28,31)/b11-10+. The van der Waals surface area contributed by atoms with Crippen molar-refractivity contribution in [1.82, 2.24) is 19.8 Å². The lowest BCUT2D eigenvalue weighted by Gasteiger charge is -2.26. The number of anilines is 1. The lowest BCUT2D eigenvalue weighted by Crippen LogP contribution is -2.40. The summed E-state index contributed by atoms with van der Waals surface area (Å²) in [5, 5.41) is 12.1. The minimum absolute atomic E-state index is 0.0902. The molecule has 9 heteroatoms. The molecule has 0 saturated carbocycles. The molecular weight excluding hydrogens is 434 g/mol. The first kappa shape index (κ1) is 27.3. The summed E-state index contributed by atoms with van der Waals surface area (Å²) in [4.78, 5) is 30.7. The number of amides is 2. The molecule has 0 atom stereocenters. The number of hydrogen-bond donors (Lipinski definition) is 3. The van der Waals surface area contributed by atoms with Gasteiger partial charge in [0.15, 0.2) is 0 Å². The summed E-state index contributed by atoms with van der Waals surface area (Å²) >= 11 is 0. The first-order valence-corrected chi connectivity index (χ1v) is 12.1. The van der Waals surface area contributed by atoms with Crippen LogP contribution in [0.25, 0.3) is 11.7 Å². The van der Waals surface area contributed by atoms with E-state index < -0.39 is 5.91 Å². The number of aromatic nitrogens is 2. The average molecular weight is 474 g/mol. The van der Waals surface area contributed by atoms with Crippen LogP contribution in [0, 0.1) is 0 Å². The zero-order valence-corrected chi connectivity index (χ0v) is 20.8. The van der Waals surface area contributed by atoms with E-state index >= 15 is 0 Å². The van der Waals surface area contributed by atoms with Crippen LogP contribution < -0.4 is 10.8 Å². The first-order valence-electron chi connectivity index (χ1n) is 12.1. The van der Waals surface area contributed by atoms with Gasteiger partial charge in [-0.2, -0.15) is 0 Å². The van der Waals surface area contributed by atoms with Crippen LogP contribution in [0.3, 0.4) is 0 Å². The van der Waals surface area contributed by atoms with Gasteiger partial charge in [-0.05, 0) is 50.5 Å². The quantitative estimate of drug-likeness (QED) is 0.158. The molecule has 2 aromatic rings. The summed E-state index contributed by atoms with van der Waals surface area (Å²) < 4.78 is 7.12. The number of methoxy groups -OCH3 is 1. The Morgan fingerprint density at radius 2 is 2.09 bits per heavy atom. The number of hydroxylamine groups is 1. The molecule has 2 amide bonds. The largest absolute Gasteiger partial charge is 0.383 e. The predicted molar refractivity (Wildman–Crippen MR) is 134 cm³/mol. The summed E-state index contributed by atoms with van der Waals surface area (Å²) in [6, 6.07) is 3.88. The van der Waals surface area contributed by atoms with Crippen molar-refractivity contribution < 1.29 is 19.5 Å². The third-order valence-electron chi connectivity index (χ3n) is 5.64. The van der Waals surface area contributed by atoms with E-state index in [0.29, 0.717) is 26.1 Å². The van der Waals surface area contributed by atoms with Gasteiger partial charge in [0.2, 0.25) is 5.91 Å². The maximum Gasteiger partial charge on any atom is 0.267 e. The van der Waals surface area contributed by atoms with Crippen LogP contribution in [0.4, 0.5) is 5.82 Å². The lowest BCUT2D eigenvalue weighted by molar-refractivity contribution is -0.133. The van der Waals surface area contributed by atoms with Crippen molar-refractivity contribution in [2.45, 2.75) is 65.3 Å². The maximum absolute atomic E-state index is 12.8. The smallest absolute Gasteiger partial charge is 0.267 e. The highest BCUT2D eigenvalue weighted by atomic mass is 16.5. The fourth-order valence-corrected chi connectivity index (χ4v) is 3.79. The summed E-state index contributed by atoms with van der Waals surface area (Å²) in [6.07, 6.45) is 10.6. The number of ether oxygens (including phenoxy) is 1. The number of carbonyl (C=O) groups excluding carboxylic acids is 2. The summed E-state index contributed by atoms with van der Waals surface area (Å²) in [5.74, 6) is 0.399. The number of fused-ring (bicyclic) bond motifs is 1. The molecule has 0 saturated heterocycles. The van der Waals surface area contributed by atoms with E-state index in [4.69, 9.17) is 14.9 Å². The highest BCUT2D eigenvalue weighted by Gasteiger charge is 2.17. The fraction of sp³-hybridized carbons (Fsp3) is 0.560. The number of imidazole rings is 1. The SMILES string of the molecule is CCCCCCc1nc2cc(/C=C/C(=O)NO)ccn2c1NCCC(=O)N(CCOC)C(C)C. The zero-order chi connectivity index (χ0) is 24.9. The predicted octanol–water partition coefficient (Wildman–Crippen LogP) is 3.66. The molecule has 2 rings (SSSR count). The minimum atomic E-state index is -0.590. The fourth-order valence-electron chi connectivity index (χ4n) is 3.79. The van der Waals surface area contributed by atoms with Gasteiger partial charge >= 0.3 is 0 Å². The monoisotopic (exact) mass is 473 g/mol. The molecule has 188 valence electrons. The van der Waals surface area contributed by atoms with Gasteiger partial charge in [-0.1, -0.05) is 26.2 Å². The highest BCUT2D eigenvalue weighted by Crippen LogP contribution is 2.22. The zero-order valence-electron chi connectivity index (χ0n) is 20.8. The van der Waals surface area contributed by atoms with E-state index in [1.54, 1.807) is 18.7 Å². The Balaban J connectivity index is 2.17.